The van der Waals surface area contributed by atoms with E-state index < -0.39 is 6.09 Å². The number of likely N-dealkylation sites (tertiary alicyclic amines) is 1. The molecule has 6 heterocycles. The van der Waals surface area contributed by atoms with Crippen molar-refractivity contribution in [1.29, 1.82) is 0 Å². The van der Waals surface area contributed by atoms with E-state index in [1.807, 2.05) is 61.8 Å². The Balaban J connectivity index is 1.14. The third-order valence-corrected chi connectivity index (χ3v) is 6.78. The monoisotopic (exact) mass is 522 g/mol. The van der Waals surface area contributed by atoms with Gasteiger partial charge in [-0.05, 0) is 48.9 Å². The van der Waals surface area contributed by atoms with Crippen LogP contribution in [-0.4, -0.2) is 68.2 Å². The molecule has 13 heteroatoms. The van der Waals surface area contributed by atoms with E-state index in [-0.39, 0.29) is 5.92 Å². The van der Waals surface area contributed by atoms with E-state index in [1.165, 1.54) is 17.6 Å². The third-order valence-electron chi connectivity index (χ3n) is 6.78. The first-order valence-electron chi connectivity index (χ1n) is 12.2. The van der Waals surface area contributed by atoms with Gasteiger partial charge in [-0.15, -0.1) is 0 Å². The first-order valence-corrected chi connectivity index (χ1v) is 12.2. The Labute approximate surface area is 220 Å². The van der Waals surface area contributed by atoms with Crippen molar-refractivity contribution in [3.8, 4) is 17.2 Å². The minimum absolute atomic E-state index is 0.0899. The lowest BCUT2D eigenvalue weighted by molar-refractivity contribution is 0.104. The van der Waals surface area contributed by atoms with Crippen LogP contribution in [-0.2, 0) is 0 Å². The molecule has 1 aliphatic rings. The van der Waals surface area contributed by atoms with Gasteiger partial charge in [0.1, 0.15) is 29.7 Å². The minimum atomic E-state index is -0.903. The number of anilines is 2. The highest BCUT2D eigenvalue weighted by atomic mass is 16.5. The number of fused-ring (bicyclic) bond motifs is 2. The van der Waals surface area contributed by atoms with Crippen LogP contribution in [0.5, 0.6) is 11.5 Å². The molecule has 0 spiro atoms. The second-order valence-electron chi connectivity index (χ2n) is 9.31. The van der Waals surface area contributed by atoms with Gasteiger partial charge in [0.05, 0.1) is 11.4 Å². The van der Waals surface area contributed by atoms with Crippen LogP contribution in [0.4, 0.5) is 16.3 Å². The second-order valence-corrected chi connectivity index (χ2v) is 9.31. The zero-order valence-electron chi connectivity index (χ0n) is 20.7. The van der Waals surface area contributed by atoms with Gasteiger partial charge in [-0.3, -0.25) is 0 Å². The van der Waals surface area contributed by atoms with Crippen LogP contribution in [0.1, 0.15) is 17.2 Å². The van der Waals surface area contributed by atoms with Gasteiger partial charge in [-0.25, -0.2) is 28.5 Å². The fourth-order valence-corrected chi connectivity index (χ4v) is 4.69. The van der Waals surface area contributed by atoms with Gasteiger partial charge >= 0.3 is 6.09 Å². The number of pyridine rings is 1. The maximum atomic E-state index is 11.1. The van der Waals surface area contributed by atoms with Gasteiger partial charge < -0.3 is 20.1 Å². The molecule has 194 valence electrons. The number of benzene rings is 1. The largest absolute Gasteiger partial charge is 0.465 e. The summed E-state index contributed by atoms with van der Waals surface area (Å²) in [4.78, 5) is 21.2. The molecule has 1 amide bonds. The SMILES string of the molecule is Cc1cc(Nc2ncnn3ccc(-n4ccc(C5CN(C(=O)O)C5)n4)c23)ccc1Oc1ccn2ncnc2c1. The summed E-state index contributed by atoms with van der Waals surface area (Å²) in [5.74, 6) is 2.10. The van der Waals surface area contributed by atoms with E-state index in [1.54, 1.807) is 19.9 Å². The van der Waals surface area contributed by atoms with Gasteiger partial charge in [-0.1, -0.05) is 0 Å². The normalized spacial score (nSPS) is 13.6. The third kappa shape index (κ3) is 4.05. The summed E-state index contributed by atoms with van der Waals surface area (Å²) in [7, 11) is 0. The first-order chi connectivity index (χ1) is 19.0. The number of carbonyl (C=O) groups is 1. The molecule has 1 aromatic carbocycles. The molecule has 1 aliphatic heterocycles. The van der Waals surface area contributed by atoms with Crippen molar-refractivity contribution in [2.45, 2.75) is 12.8 Å². The van der Waals surface area contributed by atoms with Gasteiger partial charge in [0.25, 0.3) is 0 Å². The molecule has 0 radical (unpaired) electrons. The number of hydrogen-bond acceptors (Lipinski definition) is 8. The fraction of sp³-hybridized carbons (Fsp3) is 0.154. The van der Waals surface area contributed by atoms with Crippen molar-refractivity contribution in [3.05, 3.63) is 85.0 Å². The Bertz CT molecular complexity index is 1850. The van der Waals surface area contributed by atoms with Crippen LogP contribution < -0.4 is 10.1 Å². The standard InChI is InChI=1S/C26H22N10O3/c1-16-10-18(2-3-22(16)39-19-4-7-35-23(11-19)27-14-29-35)31-25-24-21(6-9-36(24)30-15-28-25)34-8-5-20(32-34)17-12-33(13-17)26(37)38/h2-11,14-15,17H,12-13H2,1H3,(H,37,38)(H,28,30,31). The zero-order valence-corrected chi connectivity index (χ0v) is 20.7. The summed E-state index contributed by atoms with van der Waals surface area (Å²) >= 11 is 0. The van der Waals surface area contributed by atoms with Crippen LogP contribution in [0.25, 0.3) is 16.9 Å². The number of aryl methyl sites for hydroxylation is 1. The van der Waals surface area contributed by atoms with Crippen LogP contribution in [0.15, 0.2) is 73.7 Å². The highest BCUT2D eigenvalue weighted by molar-refractivity contribution is 5.81. The van der Waals surface area contributed by atoms with Crippen LogP contribution in [0, 0.1) is 6.92 Å². The minimum Gasteiger partial charge on any atom is -0.465 e. The number of amides is 1. The lowest BCUT2D eigenvalue weighted by atomic mass is 9.97. The van der Waals surface area contributed by atoms with Crippen LogP contribution >= 0.6 is 0 Å². The Morgan fingerprint density at radius 2 is 1.82 bits per heavy atom. The summed E-state index contributed by atoms with van der Waals surface area (Å²) in [5, 5.41) is 25.7. The highest BCUT2D eigenvalue weighted by Gasteiger charge is 2.33. The van der Waals surface area contributed by atoms with E-state index in [9.17, 15) is 4.79 Å². The number of aromatic nitrogens is 8. The predicted octanol–water partition coefficient (Wildman–Crippen LogP) is 3.88. The Hall–Kier alpha value is -5.46. The van der Waals surface area contributed by atoms with E-state index >= 15 is 0 Å². The summed E-state index contributed by atoms with van der Waals surface area (Å²) in [6.45, 7) is 2.88. The molecule has 7 rings (SSSR count). The van der Waals surface area contributed by atoms with Crippen molar-refractivity contribution in [2.24, 2.45) is 0 Å². The van der Waals surface area contributed by atoms with Gasteiger partial charge in [-0.2, -0.15) is 15.3 Å². The molecular formula is C26H22N10O3. The summed E-state index contributed by atoms with van der Waals surface area (Å²) in [6.07, 6.45) is 7.62. The number of hydrogen-bond donors (Lipinski definition) is 2. The molecule has 1 saturated heterocycles. The van der Waals surface area contributed by atoms with E-state index in [4.69, 9.17) is 14.9 Å². The molecule has 1 fully saturated rings. The summed E-state index contributed by atoms with van der Waals surface area (Å²) < 4.78 is 11.3. The van der Waals surface area contributed by atoms with E-state index in [0.717, 1.165) is 33.9 Å². The molecule has 0 saturated carbocycles. The maximum absolute atomic E-state index is 11.1. The number of nitrogens with zero attached hydrogens (tertiary/aromatic N) is 9. The van der Waals surface area contributed by atoms with Crippen molar-refractivity contribution >= 4 is 28.8 Å². The van der Waals surface area contributed by atoms with E-state index in [2.05, 4.69) is 25.5 Å². The van der Waals surface area contributed by atoms with Crippen molar-refractivity contribution in [1.82, 2.24) is 43.9 Å². The molecule has 13 nitrogen and oxygen atoms in total. The molecule has 0 atom stereocenters. The highest BCUT2D eigenvalue weighted by Crippen LogP contribution is 2.31. The summed E-state index contributed by atoms with van der Waals surface area (Å²) in [5.41, 5.74) is 4.90. The molecule has 0 bridgehead atoms. The smallest absolute Gasteiger partial charge is 0.407 e. The van der Waals surface area contributed by atoms with Crippen molar-refractivity contribution in [2.75, 3.05) is 18.4 Å². The molecule has 6 aromatic rings. The van der Waals surface area contributed by atoms with E-state index in [0.29, 0.717) is 30.3 Å². The molecule has 0 aliphatic carbocycles. The number of rotatable bonds is 6. The average Bonchev–Trinajstić information content (AvgIpc) is 3.64. The number of nitrogens with one attached hydrogen (secondary N) is 1. The average molecular weight is 523 g/mol. The van der Waals surface area contributed by atoms with Crippen molar-refractivity contribution < 1.29 is 14.6 Å². The van der Waals surface area contributed by atoms with Gasteiger partial charge in [0.15, 0.2) is 11.5 Å². The summed E-state index contributed by atoms with van der Waals surface area (Å²) in [6, 6.07) is 13.3. The predicted molar refractivity (Wildman–Crippen MR) is 140 cm³/mol. The first kappa shape index (κ1) is 22.7. The molecular weight excluding hydrogens is 500 g/mol. The molecule has 2 N–H and O–H groups in total. The Morgan fingerprint density at radius 3 is 2.67 bits per heavy atom. The molecule has 0 unspecified atom stereocenters. The quantitative estimate of drug-likeness (QED) is 0.333. The lowest BCUT2D eigenvalue weighted by Gasteiger charge is -2.35. The second kappa shape index (κ2) is 8.83. The van der Waals surface area contributed by atoms with Gasteiger partial charge in [0.2, 0.25) is 0 Å². The fourth-order valence-electron chi connectivity index (χ4n) is 4.69. The lowest BCUT2D eigenvalue weighted by Crippen LogP contribution is -2.47. The Morgan fingerprint density at radius 1 is 1.00 bits per heavy atom. The molecule has 39 heavy (non-hydrogen) atoms. The van der Waals surface area contributed by atoms with Gasteiger partial charge in [0, 0.05) is 49.4 Å². The van der Waals surface area contributed by atoms with Crippen LogP contribution in [0.2, 0.25) is 0 Å². The topological polar surface area (TPSA) is 140 Å². The Kier molecular flexibility index (Phi) is 5.14. The maximum Gasteiger partial charge on any atom is 0.407 e. The van der Waals surface area contributed by atoms with Crippen molar-refractivity contribution in [3.63, 3.8) is 0 Å². The van der Waals surface area contributed by atoms with Crippen LogP contribution in [0.3, 0.4) is 0 Å². The molecule has 5 aromatic heterocycles. The number of carboxylic acid groups (broad SMARTS) is 1. The zero-order chi connectivity index (χ0) is 26.5. The number of ether oxygens (including phenoxy) is 1.